The quantitative estimate of drug-likeness (QED) is 0.743. The molecule has 5 nitrogen and oxygen atoms in total. The van der Waals surface area contributed by atoms with Gasteiger partial charge < -0.3 is 16.8 Å². The van der Waals surface area contributed by atoms with E-state index in [1.165, 1.54) is 0 Å². The lowest BCUT2D eigenvalue weighted by atomic mass is 10.1. The van der Waals surface area contributed by atoms with E-state index in [-0.39, 0.29) is 5.91 Å². The van der Waals surface area contributed by atoms with Gasteiger partial charge in [0.15, 0.2) is 0 Å². The van der Waals surface area contributed by atoms with E-state index in [0.29, 0.717) is 23.4 Å². The largest absolute Gasteiger partial charge is 0.399 e. The first-order valence-electron chi connectivity index (χ1n) is 6.50. The highest BCUT2D eigenvalue weighted by Crippen LogP contribution is 2.13. The van der Waals surface area contributed by atoms with Crippen LogP contribution in [0, 0.1) is 6.92 Å². The minimum absolute atomic E-state index is 0.192. The second kappa shape index (κ2) is 6.09. The number of nitrogens with two attached hydrogens (primary N) is 2. The Morgan fingerprint density at radius 1 is 1.10 bits per heavy atom. The number of nitrogen functional groups attached to an aromatic ring is 1. The monoisotopic (exact) mass is 283 g/mol. The molecule has 0 spiro atoms. The first kappa shape index (κ1) is 14.6. The summed E-state index contributed by atoms with van der Waals surface area (Å²) in [5.74, 6) is -0.681. The Morgan fingerprint density at radius 3 is 2.52 bits per heavy atom. The Kier molecular flexibility index (Phi) is 4.23. The average Bonchev–Trinajstić information content (AvgIpc) is 2.48. The van der Waals surface area contributed by atoms with Gasteiger partial charge in [-0.3, -0.25) is 9.59 Å². The third-order valence-corrected chi connectivity index (χ3v) is 3.20. The van der Waals surface area contributed by atoms with Crippen LogP contribution in [0.15, 0.2) is 42.5 Å². The molecule has 5 heteroatoms. The number of carbonyl (C=O) groups is 2. The van der Waals surface area contributed by atoms with Crippen LogP contribution < -0.4 is 16.8 Å². The second-order valence-electron chi connectivity index (χ2n) is 4.82. The van der Waals surface area contributed by atoms with Gasteiger partial charge in [-0.05, 0) is 48.4 Å². The van der Waals surface area contributed by atoms with E-state index in [1.54, 1.807) is 36.4 Å². The van der Waals surface area contributed by atoms with Gasteiger partial charge in [0, 0.05) is 23.4 Å². The summed E-state index contributed by atoms with van der Waals surface area (Å²) in [5.41, 5.74) is 14.2. The van der Waals surface area contributed by atoms with Gasteiger partial charge >= 0.3 is 0 Å². The first-order valence-corrected chi connectivity index (χ1v) is 6.50. The Morgan fingerprint density at radius 2 is 1.86 bits per heavy atom. The van der Waals surface area contributed by atoms with Gasteiger partial charge in [0.05, 0.1) is 0 Å². The van der Waals surface area contributed by atoms with E-state index in [2.05, 4.69) is 5.32 Å². The molecule has 0 aliphatic rings. The van der Waals surface area contributed by atoms with E-state index < -0.39 is 5.91 Å². The van der Waals surface area contributed by atoms with Crippen molar-refractivity contribution in [3.8, 4) is 0 Å². The molecule has 0 aromatic heterocycles. The Bertz CT molecular complexity index is 696. The van der Waals surface area contributed by atoms with Crippen LogP contribution in [0.2, 0.25) is 0 Å². The van der Waals surface area contributed by atoms with Crippen LogP contribution in [0.25, 0.3) is 0 Å². The average molecular weight is 283 g/mol. The van der Waals surface area contributed by atoms with E-state index in [4.69, 9.17) is 11.5 Å². The van der Waals surface area contributed by atoms with Crippen LogP contribution in [0.3, 0.4) is 0 Å². The summed E-state index contributed by atoms with van der Waals surface area (Å²) in [6.07, 6.45) is 0. The highest BCUT2D eigenvalue weighted by Gasteiger charge is 2.07. The summed E-state index contributed by atoms with van der Waals surface area (Å²) in [5, 5.41) is 2.80. The number of carbonyl (C=O) groups excluding carboxylic acids is 2. The van der Waals surface area contributed by atoms with Crippen LogP contribution in [0.4, 0.5) is 5.69 Å². The maximum atomic E-state index is 12.1. The molecule has 0 saturated carbocycles. The molecule has 21 heavy (non-hydrogen) atoms. The zero-order chi connectivity index (χ0) is 15.4. The van der Waals surface area contributed by atoms with Gasteiger partial charge in [-0.1, -0.05) is 12.1 Å². The first-order chi connectivity index (χ1) is 9.97. The number of amides is 2. The molecule has 0 fully saturated rings. The molecule has 2 rings (SSSR count). The standard InChI is InChI=1S/C16H17N3O2/c1-10-7-13(5-6-14(10)17)16(21)19-9-11-3-2-4-12(8-11)15(18)20/h2-8H,9,17H2,1H3,(H2,18,20)(H,19,21). The van der Waals surface area contributed by atoms with E-state index >= 15 is 0 Å². The molecule has 108 valence electrons. The maximum absolute atomic E-state index is 12.1. The SMILES string of the molecule is Cc1cc(C(=O)NCc2cccc(C(N)=O)c2)ccc1N. The number of hydrogen-bond donors (Lipinski definition) is 3. The number of benzene rings is 2. The number of rotatable bonds is 4. The molecule has 2 aromatic carbocycles. The summed E-state index contributed by atoms with van der Waals surface area (Å²) in [7, 11) is 0. The number of primary amides is 1. The number of aryl methyl sites for hydroxylation is 1. The molecular formula is C16H17N3O2. The highest BCUT2D eigenvalue weighted by molar-refractivity contribution is 5.95. The van der Waals surface area contributed by atoms with Crippen molar-refractivity contribution in [3.63, 3.8) is 0 Å². The molecule has 0 unspecified atom stereocenters. The topological polar surface area (TPSA) is 98.2 Å². The van der Waals surface area contributed by atoms with Gasteiger partial charge in [-0.15, -0.1) is 0 Å². The smallest absolute Gasteiger partial charge is 0.251 e. The van der Waals surface area contributed by atoms with Crippen molar-refractivity contribution in [1.29, 1.82) is 0 Å². The van der Waals surface area contributed by atoms with Gasteiger partial charge in [0.2, 0.25) is 5.91 Å². The van der Waals surface area contributed by atoms with Crippen LogP contribution in [-0.4, -0.2) is 11.8 Å². The highest BCUT2D eigenvalue weighted by atomic mass is 16.2. The normalized spacial score (nSPS) is 10.1. The third kappa shape index (κ3) is 3.60. The lowest BCUT2D eigenvalue weighted by Gasteiger charge is -2.08. The molecule has 2 amide bonds. The molecule has 5 N–H and O–H groups in total. The molecule has 0 aliphatic carbocycles. The Balaban J connectivity index is 2.05. The van der Waals surface area contributed by atoms with Crippen LogP contribution >= 0.6 is 0 Å². The number of nitrogens with one attached hydrogen (secondary N) is 1. The zero-order valence-corrected chi connectivity index (χ0v) is 11.7. The van der Waals surface area contributed by atoms with Gasteiger partial charge in [-0.2, -0.15) is 0 Å². The van der Waals surface area contributed by atoms with Gasteiger partial charge in [0.25, 0.3) is 5.91 Å². The molecule has 2 aromatic rings. The van der Waals surface area contributed by atoms with Crippen molar-refractivity contribution in [2.24, 2.45) is 5.73 Å². The van der Waals surface area contributed by atoms with Crippen molar-refractivity contribution >= 4 is 17.5 Å². The molecule has 0 heterocycles. The molecular weight excluding hydrogens is 266 g/mol. The van der Waals surface area contributed by atoms with Crippen molar-refractivity contribution in [1.82, 2.24) is 5.32 Å². The summed E-state index contributed by atoms with van der Waals surface area (Å²) < 4.78 is 0. The molecule has 0 radical (unpaired) electrons. The summed E-state index contributed by atoms with van der Waals surface area (Å²) in [6, 6.07) is 12.0. The Labute approximate surface area is 123 Å². The van der Waals surface area contributed by atoms with Crippen LogP contribution in [0.1, 0.15) is 31.8 Å². The van der Waals surface area contributed by atoms with Crippen molar-refractivity contribution in [2.75, 3.05) is 5.73 Å². The molecule has 0 aliphatic heterocycles. The number of hydrogen-bond acceptors (Lipinski definition) is 3. The lowest BCUT2D eigenvalue weighted by molar-refractivity contribution is 0.0950. The zero-order valence-electron chi connectivity index (χ0n) is 11.7. The van der Waals surface area contributed by atoms with Crippen molar-refractivity contribution < 1.29 is 9.59 Å². The summed E-state index contributed by atoms with van der Waals surface area (Å²) >= 11 is 0. The van der Waals surface area contributed by atoms with Crippen LogP contribution in [0.5, 0.6) is 0 Å². The predicted octanol–water partition coefficient (Wildman–Crippen LogP) is 1.61. The fourth-order valence-electron chi connectivity index (χ4n) is 1.94. The van der Waals surface area contributed by atoms with E-state index in [9.17, 15) is 9.59 Å². The van der Waals surface area contributed by atoms with Gasteiger partial charge in [0.1, 0.15) is 0 Å². The third-order valence-electron chi connectivity index (χ3n) is 3.20. The van der Waals surface area contributed by atoms with E-state index in [1.807, 2.05) is 13.0 Å². The lowest BCUT2D eigenvalue weighted by Crippen LogP contribution is -2.23. The molecule has 0 bridgehead atoms. The van der Waals surface area contributed by atoms with E-state index in [0.717, 1.165) is 11.1 Å². The fourth-order valence-corrected chi connectivity index (χ4v) is 1.94. The molecule has 0 saturated heterocycles. The Hall–Kier alpha value is -2.82. The van der Waals surface area contributed by atoms with Crippen molar-refractivity contribution in [2.45, 2.75) is 13.5 Å². The van der Waals surface area contributed by atoms with Crippen LogP contribution in [-0.2, 0) is 6.54 Å². The maximum Gasteiger partial charge on any atom is 0.251 e. The summed E-state index contributed by atoms with van der Waals surface area (Å²) in [6.45, 7) is 2.17. The minimum Gasteiger partial charge on any atom is -0.399 e. The second-order valence-corrected chi connectivity index (χ2v) is 4.82. The number of anilines is 1. The summed E-state index contributed by atoms with van der Waals surface area (Å²) in [4.78, 5) is 23.2. The van der Waals surface area contributed by atoms with Crippen molar-refractivity contribution in [3.05, 3.63) is 64.7 Å². The molecule has 0 atom stereocenters. The fraction of sp³-hybridized carbons (Fsp3) is 0.125. The predicted molar refractivity (Wildman–Crippen MR) is 81.7 cm³/mol. The van der Waals surface area contributed by atoms with Gasteiger partial charge in [-0.25, -0.2) is 0 Å². The minimum atomic E-state index is -0.489.